The highest BCUT2D eigenvalue weighted by Gasteiger charge is 2.37. The van der Waals surface area contributed by atoms with E-state index in [1.54, 1.807) is 0 Å². The number of rotatable bonds is 5. The van der Waals surface area contributed by atoms with Crippen molar-refractivity contribution in [3.8, 4) is 0 Å². The van der Waals surface area contributed by atoms with Gasteiger partial charge in [-0.25, -0.2) is 4.98 Å². The quantitative estimate of drug-likeness (QED) is 0.845. The summed E-state index contributed by atoms with van der Waals surface area (Å²) in [5.74, 6) is 0.934. The molecule has 3 heterocycles. The standard InChI is InChI=1S/C23H30N4O2/c1-18-7-3-4-9-20(18)26-12-14-27(15-13-26)21-19(8-5-11-24-21)17-25-22(28)23(2)10-6-16-29-23/h3-5,7-9,11H,6,10,12-17H2,1-2H3,(H,25,28)/t23-/m0/s1. The van der Waals surface area contributed by atoms with Crippen molar-refractivity contribution in [1.82, 2.24) is 10.3 Å². The van der Waals surface area contributed by atoms with Crippen LogP contribution in [-0.4, -0.2) is 49.3 Å². The van der Waals surface area contributed by atoms with Crippen LogP contribution in [0.2, 0.25) is 0 Å². The molecule has 2 aromatic rings. The Kier molecular flexibility index (Phi) is 5.72. The van der Waals surface area contributed by atoms with Gasteiger partial charge in [-0.3, -0.25) is 4.79 Å². The van der Waals surface area contributed by atoms with E-state index in [9.17, 15) is 4.79 Å². The molecule has 154 valence electrons. The molecule has 2 aliphatic heterocycles. The maximum absolute atomic E-state index is 12.6. The maximum Gasteiger partial charge on any atom is 0.252 e. The van der Waals surface area contributed by atoms with E-state index in [2.05, 4.69) is 51.3 Å². The number of piperazine rings is 1. The molecular formula is C23H30N4O2. The van der Waals surface area contributed by atoms with Gasteiger partial charge in [-0.1, -0.05) is 24.3 Å². The van der Waals surface area contributed by atoms with Crippen molar-refractivity contribution in [3.63, 3.8) is 0 Å². The molecule has 6 nitrogen and oxygen atoms in total. The number of carbonyl (C=O) groups excluding carboxylic acids is 1. The number of nitrogens with one attached hydrogen (secondary N) is 1. The number of nitrogens with zero attached hydrogens (tertiary/aromatic N) is 3. The normalized spacial score (nSPS) is 22.0. The fourth-order valence-electron chi connectivity index (χ4n) is 4.25. The minimum absolute atomic E-state index is 0.0332. The third-order valence-corrected chi connectivity index (χ3v) is 6.04. The Balaban J connectivity index is 1.40. The number of para-hydroxylation sites is 1. The molecule has 0 aliphatic carbocycles. The summed E-state index contributed by atoms with van der Waals surface area (Å²) in [5.41, 5.74) is 2.98. The number of benzene rings is 1. The predicted molar refractivity (Wildman–Crippen MR) is 115 cm³/mol. The van der Waals surface area contributed by atoms with E-state index in [1.807, 2.05) is 25.3 Å². The van der Waals surface area contributed by atoms with Gasteiger partial charge in [0.15, 0.2) is 0 Å². The first-order chi connectivity index (χ1) is 14.1. The Morgan fingerprint density at radius 3 is 2.62 bits per heavy atom. The second-order valence-corrected chi connectivity index (χ2v) is 8.11. The van der Waals surface area contributed by atoms with Crippen LogP contribution in [0.15, 0.2) is 42.6 Å². The maximum atomic E-state index is 12.6. The summed E-state index contributed by atoms with van der Waals surface area (Å²) in [4.78, 5) is 22.0. The number of anilines is 2. The zero-order valence-electron chi connectivity index (χ0n) is 17.4. The van der Waals surface area contributed by atoms with Crippen molar-refractivity contribution in [1.29, 1.82) is 0 Å². The first-order valence-corrected chi connectivity index (χ1v) is 10.5. The molecular weight excluding hydrogens is 364 g/mol. The minimum atomic E-state index is -0.693. The van der Waals surface area contributed by atoms with Crippen molar-refractivity contribution < 1.29 is 9.53 Å². The fraction of sp³-hybridized carbons (Fsp3) is 0.478. The van der Waals surface area contributed by atoms with Crippen molar-refractivity contribution in [3.05, 3.63) is 53.7 Å². The molecule has 1 aromatic heterocycles. The zero-order valence-corrected chi connectivity index (χ0v) is 17.4. The minimum Gasteiger partial charge on any atom is -0.368 e. The second-order valence-electron chi connectivity index (χ2n) is 8.11. The fourth-order valence-corrected chi connectivity index (χ4v) is 4.25. The highest BCUT2D eigenvalue weighted by atomic mass is 16.5. The van der Waals surface area contributed by atoms with Crippen LogP contribution < -0.4 is 15.1 Å². The monoisotopic (exact) mass is 394 g/mol. The molecule has 0 bridgehead atoms. The number of pyridine rings is 1. The first kappa shape index (κ1) is 19.7. The van der Waals surface area contributed by atoms with E-state index in [0.29, 0.717) is 13.2 Å². The van der Waals surface area contributed by atoms with Gasteiger partial charge in [0, 0.05) is 56.8 Å². The van der Waals surface area contributed by atoms with E-state index < -0.39 is 5.60 Å². The molecule has 2 saturated heterocycles. The van der Waals surface area contributed by atoms with Crippen LogP contribution >= 0.6 is 0 Å². The molecule has 29 heavy (non-hydrogen) atoms. The summed E-state index contributed by atoms with van der Waals surface area (Å²) in [6.07, 6.45) is 3.54. The number of hydrogen-bond acceptors (Lipinski definition) is 5. The van der Waals surface area contributed by atoms with E-state index in [4.69, 9.17) is 4.74 Å². The Morgan fingerprint density at radius 2 is 1.90 bits per heavy atom. The van der Waals surface area contributed by atoms with Crippen LogP contribution in [0, 0.1) is 6.92 Å². The summed E-state index contributed by atoms with van der Waals surface area (Å²) in [6, 6.07) is 12.5. The Bertz CT molecular complexity index is 855. The third-order valence-electron chi connectivity index (χ3n) is 6.04. The number of aryl methyl sites for hydroxylation is 1. The lowest BCUT2D eigenvalue weighted by atomic mass is 10.0. The summed E-state index contributed by atoms with van der Waals surface area (Å²) >= 11 is 0. The van der Waals surface area contributed by atoms with Crippen LogP contribution in [0.5, 0.6) is 0 Å². The average molecular weight is 395 g/mol. The molecule has 6 heteroatoms. The topological polar surface area (TPSA) is 57.7 Å². The van der Waals surface area contributed by atoms with Crippen LogP contribution in [0.1, 0.15) is 30.9 Å². The highest BCUT2D eigenvalue weighted by Crippen LogP contribution is 2.26. The third kappa shape index (κ3) is 4.22. The van der Waals surface area contributed by atoms with E-state index in [0.717, 1.165) is 50.4 Å². The molecule has 0 radical (unpaired) electrons. The number of hydrogen-bond donors (Lipinski definition) is 1. The van der Waals surface area contributed by atoms with E-state index >= 15 is 0 Å². The lowest BCUT2D eigenvalue weighted by molar-refractivity contribution is -0.139. The van der Waals surface area contributed by atoms with Gasteiger partial charge in [0.05, 0.1) is 0 Å². The lowest BCUT2D eigenvalue weighted by Gasteiger charge is -2.38. The van der Waals surface area contributed by atoms with Gasteiger partial charge in [0.1, 0.15) is 11.4 Å². The van der Waals surface area contributed by atoms with Gasteiger partial charge < -0.3 is 19.9 Å². The molecule has 1 amide bonds. The smallest absolute Gasteiger partial charge is 0.252 e. The summed E-state index contributed by atoms with van der Waals surface area (Å²) in [6.45, 7) is 8.91. The largest absolute Gasteiger partial charge is 0.368 e. The van der Waals surface area contributed by atoms with Crippen LogP contribution in [-0.2, 0) is 16.1 Å². The van der Waals surface area contributed by atoms with Gasteiger partial charge in [0.25, 0.3) is 5.91 Å². The number of amides is 1. The van der Waals surface area contributed by atoms with Gasteiger partial charge in [-0.05, 0) is 44.4 Å². The Labute approximate surface area is 172 Å². The van der Waals surface area contributed by atoms with E-state index in [1.165, 1.54) is 11.3 Å². The SMILES string of the molecule is Cc1ccccc1N1CCN(c2ncccc2CNC(=O)[C@]2(C)CCCO2)CC1. The van der Waals surface area contributed by atoms with Crippen LogP contribution in [0.3, 0.4) is 0 Å². The molecule has 1 N–H and O–H groups in total. The van der Waals surface area contributed by atoms with Gasteiger partial charge >= 0.3 is 0 Å². The number of ether oxygens (including phenoxy) is 1. The first-order valence-electron chi connectivity index (χ1n) is 10.5. The summed E-state index contributed by atoms with van der Waals surface area (Å²) in [5, 5.41) is 3.06. The molecule has 0 spiro atoms. The van der Waals surface area contributed by atoms with Crippen LogP contribution in [0.25, 0.3) is 0 Å². The van der Waals surface area contributed by atoms with Gasteiger partial charge in [0.2, 0.25) is 0 Å². The second kappa shape index (κ2) is 8.41. The van der Waals surface area contributed by atoms with Crippen molar-refractivity contribution in [2.45, 2.75) is 38.8 Å². The average Bonchev–Trinajstić information content (AvgIpc) is 3.21. The van der Waals surface area contributed by atoms with Crippen molar-refractivity contribution >= 4 is 17.4 Å². The van der Waals surface area contributed by atoms with Gasteiger partial charge in [-0.2, -0.15) is 0 Å². The zero-order chi connectivity index (χ0) is 20.3. The van der Waals surface area contributed by atoms with Gasteiger partial charge in [-0.15, -0.1) is 0 Å². The number of carbonyl (C=O) groups is 1. The summed E-state index contributed by atoms with van der Waals surface area (Å²) < 4.78 is 5.66. The Morgan fingerprint density at radius 1 is 1.14 bits per heavy atom. The molecule has 4 rings (SSSR count). The van der Waals surface area contributed by atoms with E-state index in [-0.39, 0.29) is 5.91 Å². The molecule has 1 aromatic carbocycles. The Hall–Kier alpha value is -2.60. The molecule has 0 saturated carbocycles. The van der Waals surface area contributed by atoms with Crippen molar-refractivity contribution in [2.24, 2.45) is 0 Å². The van der Waals surface area contributed by atoms with Crippen molar-refractivity contribution in [2.75, 3.05) is 42.6 Å². The molecule has 0 unspecified atom stereocenters. The molecule has 1 atom stereocenters. The summed E-state index contributed by atoms with van der Waals surface area (Å²) in [7, 11) is 0. The number of aromatic nitrogens is 1. The van der Waals surface area contributed by atoms with Crippen LogP contribution in [0.4, 0.5) is 11.5 Å². The lowest BCUT2D eigenvalue weighted by Crippen LogP contribution is -2.47. The molecule has 2 aliphatic rings. The predicted octanol–water partition coefficient (Wildman–Crippen LogP) is 2.90. The molecule has 2 fully saturated rings. The highest BCUT2D eigenvalue weighted by molar-refractivity contribution is 5.85.